The molecule has 1 N–H and O–H groups in total. The van der Waals surface area contributed by atoms with Crippen LogP contribution in [0.2, 0.25) is 0 Å². The molecule has 4 heterocycles. The molecule has 2 aliphatic rings. The van der Waals surface area contributed by atoms with E-state index in [2.05, 4.69) is 21.5 Å². The molecule has 1 unspecified atom stereocenters. The van der Waals surface area contributed by atoms with E-state index in [4.69, 9.17) is 0 Å². The van der Waals surface area contributed by atoms with E-state index in [1.165, 1.54) is 18.5 Å². The van der Waals surface area contributed by atoms with Gasteiger partial charge in [0.25, 0.3) is 0 Å². The maximum atomic E-state index is 17.2. The van der Waals surface area contributed by atoms with Gasteiger partial charge in [-0.1, -0.05) is 40.3 Å². The minimum atomic E-state index is -1.24. The molecule has 1 atom stereocenters. The number of hydrogen-bond acceptors (Lipinski definition) is 8. The van der Waals surface area contributed by atoms with Crippen LogP contribution in [0, 0.1) is 17.5 Å². The second-order valence-corrected chi connectivity index (χ2v) is 12.7. The molecule has 9 nitrogen and oxygen atoms in total. The third-order valence-corrected chi connectivity index (χ3v) is 9.47. The van der Waals surface area contributed by atoms with Gasteiger partial charge < -0.3 is 14.9 Å². The molecule has 1 saturated heterocycles. The number of phenols is 1. The number of carbonyl (C=O) groups excluding carboxylic acids is 1. The summed E-state index contributed by atoms with van der Waals surface area (Å²) >= 11 is 1.06. The molecule has 6 rings (SSSR count). The lowest BCUT2D eigenvalue weighted by Crippen LogP contribution is -2.56. The molecular formula is C32H31F3N6O3S. The quantitative estimate of drug-likeness (QED) is 0.286. The first-order valence-electron chi connectivity index (χ1n) is 14.6. The highest BCUT2D eigenvalue weighted by atomic mass is 32.2. The van der Waals surface area contributed by atoms with Crippen LogP contribution < -0.4 is 10.6 Å². The fourth-order valence-electron chi connectivity index (χ4n) is 6.16. The largest absolute Gasteiger partial charge is 0.507 e. The minimum Gasteiger partial charge on any atom is -0.507 e. The van der Waals surface area contributed by atoms with Crippen molar-refractivity contribution in [2.45, 2.75) is 50.5 Å². The first-order valence-corrected chi connectivity index (χ1v) is 15.6. The van der Waals surface area contributed by atoms with E-state index >= 15 is 13.2 Å². The van der Waals surface area contributed by atoms with Gasteiger partial charge in [-0.2, -0.15) is 4.98 Å². The number of rotatable bonds is 5. The first kappa shape index (κ1) is 30.6. The Morgan fingerprint density at radius 3 is 2.38 bits per heavy atom. The molecule has 1 amide bonds. The summed E-state index contributed by atoms with van der Waals surface area (Å²) in [5.74, 6) is -4.44. The maximum absolute atomic E-state index is 17.2. The Labute approximate surface area is 261 Å². The van der Waals surface area contributed by atoms with Crippen molar-refractivity contribution in [3.8, 4) is 22.6 Å². The van der Waals surface area contributed by atoms with E-state index in [0.29, 0.717) is 11.4 Å². The number of carbonyl (C=O) groups is 1. The highest BCUT2D eigenvalue weighted by molar-refractivity contribution is 7.99. The van der Waals surface area contributed by atoms with Crippen LogP contribution in [0.15, 0.2) is 46.9 Å². The highest BCUT2D eigenvalue weighted by Gasteiger charge is 2.39. The monoisotopic (exact) mass is 636 g/mol. The van der Waals surface area contributed by atoms with Gasteiger partial charge >= 0.3 is 5.69 Å². The van der Waals surface area contributed by atoms with E-state index in [-0.39, 0.29) is 70.4 Å². The number of anilines is 1. The van der Waals surface area contributed by atoms with Crippen LogP contribution in [-0.2, 0) is 4.79 Å². The molecule has 2 aromatic carbocycles. The van der Waals surface area contributed by atoms with Crippen molar-refractivity contribution in [1.29, 1.82) is 0 Å². The van der Waals surface area contributed by atoms with Crippen LogP contribution in [0.25, 0.3) is 27.7 Å². The molecule has 13 heteroatoms. The van der Waals surface area contributed by atoms with E-state index in [1.807, 2.05) is 27.7 Å². The van der Waals surface area contributed by atoms with Crippen molar-refractivity contribution < 1.29 is 23.1 Å². The SMILES string of the molecule is C=CC(=O)N1CCN2c3nc(=O)n(-c4c(C(C)C)ncnc4C(C)C)c4c(F)c(-c5c(O)cccc5F)c(F)c(c34)SCC2C1. The summed E-state index contributed by atoms with van der Waals surface area (Å²) in [7, 11) is 0. The average Bonchev–Trinajstić information content (AvgIpc) is 3.16. The third-order valence-electron chi connectivity index (χ3n) is 8.25. The minimum absolute atomic E-state index is 0.0356. The number of benzene rings is 2. The van der Waals surface area contributed by atoms with Crippen molar-refractivity contribution in [2.24, 2.45) is 0 Å². The topological polar surface area (TPSA) is 104 Å². The van der Waals surface area contributed by atoms with Gasteiger partial charge in [0.1, 0.15) is 29.5 Å². The van der Waals surface area contributed by atoms with Gasteiger partial charge in [-0.15, -0.1) is 11.8 Å². The lowest BCUT2D eigenvalue weighted by atomic mass is 9.98. The molecule has 1 fully saturated rings. The first-order chi connectivity index (χ1) is 21.5. The predicted octanol–water partition coefficient (Wildman–Crippen LogP) is 5.52. The Morgan fingerprint density at radius 2 is 1.76 bits per heavy atom. The number of piperazine rings is 1. The number of aromatic nitrogens is 4. The van der Waals surface area contributed by atoms with Gasteiger partial charge in [-0.25, -0.2) is 27.9 Å². The summed E-state index contributed by atoms with van der Waals surface area (Å²) in [6.07, 6.45) is 2.60. The maximum Gasteiger partial charge on any atom is 0.354 e. The van der Waals surface area contributed by atoms with Gasteiger partial charge in [0.15, 0.2) is 5.82 Å². The molecule has 4 aromatic rings. The number of aromatic hydroxyl groups is 1. The summed E-state index contributed by atoms with van der Waals surface area (Å²) in [6, 6.07) is 2.96. The Hall–Kier alpha value is -4.39. The summed E-state index contributed by atoms with van der Waals surface area (Å²) in [5.41, 5.74) is -1.52. The van der Waals surface area contributed by atoms with Crippen molar-refractivity contribution in [2.75, 3.05) is 30.3 Å². The molecule has 0 aliphatic carbocycles. The zero-order chi connectivity index (χ0) is 32.3. The fraction of sp³-hybridized carbons (Fsp3) is 0.344. The Balaban J connectivity index is 1.78. The molecule has 234 valence electrons. The average molecular weight is 637 g/mol. The Morgan fingerprint density at radius 1 is 1.07 bits per heavy atom. The summed E-state index contributed by atoms with van der Waals surface area (Å²) in [6.45, 7) is 11.8. The van der Waals surface area contributed by atoms with Crippen LogP contribution in [-0.4, -0.2) is 66.9 Å². The van der Waals surface area contributed by atoms with Gasteiger partial charge in [0.05, 0.1) is 50.0 Å². The Kier molecular flexibility index (Phi) is 7.84. The van der Waals surface area contributed by atoms with Crippen molar-refractivity contribution in [3.63, 3.8) is 0 Å². The van der Waals surface area contributed by atoms with Crippen molar-refractivity contribution in [1.82, 2.24) is 24.4 Å². The zero-order valence-electron chi connectivity index (χ0n) is 25.1. The number of fused-ring (bicyclic) bond motifs is 2. The van der Waals surface area contributed by atoms with Crippen LogP contribution in [0.5, 0.6) is 5.75 Å². The van der Waals surface area contributed by atoms with Gasteiger partial charge in [-0.05, 0) is 30.0 Å². The molecule has 45 heavy (non-hydrogen) atoms. The van der Waals surface area contributed by atoms with Crippen LogP contribution in [0.1, 0.15) is 50.9 Å². The van der Waals surface area contributed by atoms with Crippen molar-refractivity contribution >= 4 is 34.4 Å². The lowest BCUT2D eigenvalue weighted by Gasteiger charge is -2.41. The molecule has 2 aromatic heterocycles. The summed E-state index contributed by atoms with van der Waals surface area (Å²) in [5, 5.41) is 10.7. The number of amides is 1. The second-order valence-electron chi connectivity index (χ2n) is 11.7. The standard InChI is InChI=1S/C32H31F3N6O3S/c1-6-20(43)39-10-11-40-17(12-39)13-45-30-23-28(24(34)22(25(30)35)21-18(33)8-7-9-19(21)42)41(32(44)38-31(23)40)29-26(15(2)3)36-14-37-27(29)16(4)5/h6-9,14-17,42H,1,10-13H2,2-5H3. The van der Waals surface area contributed by atoms with Gasteiger partial charge in [0.2, 0.25) is 5.91 Å². The molecule has 2 aliphatic heterocycles. The normalized spacial score (nSPS) is 16.3. The van der Waals surface area contributed by atoms with Crippen LogP contribution in [0.3, 0.4) is 0 Å². The molecule has 0 saturated carbocycles. The number of hydrogen-bond donors (Lipinski definition) is 1. The van der Waals surface area contributed by atoms with E-state index < -0.39 is 46.1 Å². The molecule has 0 radical (unpaired) electrons. The number of halogens is 3. The third kappa shape index (κ3) is 4.84. The van der Waals surface area contributed by atoms with E-state index in [9.17, 15) is 14.7 Å². The van der Waals surface area contributed by atoms with E-state index in [0.717, 1.165) is 28.5 Å². The van der Waals surface area contributed by atoms with Gasteiger partial charge in [-0.3, -0.25) is 9.36 Å². The summed E-state index contributed by atoms with van der Waals surface area (Å²) in [4.78, 5) is 43.4. The number of phenolic OH excluding ortho intramolecular Hbond substituents is 1. The van der Waals surface area contributed by atoms with Crippen LogP contribution in [0.4, 0.5) is 19.0 Å². The zero-order valence-corrected chi connectivity index (χ0v) is 26.0. The number of thioether (sulfide) groups is 1. The number of nitrogens with zero attached hydrogens (tertiary/aromatic N) is 6. The van der Waals surface area contributed by atoms with Gasteiger partial charge in [0, 0.05) is 25.4 Å². The van der Waals surface area contributed by atoms with E-state index in [1.54, 1.807) is 9.80 Å². The fourth-order valence-corrected chi connectivity index (χ4v) is 7.37. The Bertz CT molecular complexity index is 1900. The predicted molar refractivity (Wildman–Crippen MR) is 167 cm³/mol. The lowest BCUT2D eigenvalue weighted by molar-refractivity contribution is -0.126. The smallest absolute Gasteiger partial charge is 0.354 e. The molecule has 0 bridgehead atoms. The molecule has 0 spiro atoms. The van der Waals surface area contributed by atoms with Crippen LogP contribution >= 0.6 is 11.8 Å². The molecular weight excluding hydrogens is 605 g/mol. The van der Waals surface area contributed by atoms with Crippen molar-refractivity contribution in [3.05, 3.63) is 76.5 Å². The highest BCUT2D eigenvalue weighted by Crippen LogP contribution is 2.48. The second kappa shape index (κ2) is 11.5. The summed E-state index contributed by atoms with van der Waals surface area (Å²) < 4.78 is 50.3.